The van der Waals surface area contributed by atoms with Crippen LogP contribution in [-0.2, 0) is 19.1 Å². The molecule has 1 N–H and O–H groups in total. The molecule has 2 atom stereocenters. The Morgan fingerprint density at radius 2 is 1.90 bits per heavy atom. The molecule has 3 heterocycles. The number of carbonyl (C=O) groups excluding carboxylic acids is 3. The number of esters is 1. The molecular weight excluding hydrogens is 404 g/mol. The molecule has 8 nitrogen and oxygen atoms in total. The Morgan fingerprint density at radius 1 is 1.13 bits per heavy atom. The highest BCUT2D eigenvalue weighted by Gasteiger charge is 2.55. The van der Waals surface area contributed by atoms with Crippen molar-refractivity contribution in [2.45, 2.75) is 13.0 Å². The van der Waals surface area contributed by atoms with Gasteiger partial charge in [0, 0.05) is 5.56 Å². The number of amides is 2. The highest BCUT2D eigenvalue weighted by Crippen LogP contribution is 2.34. The van der Waals surface area contributed by atoms with Gasteiger partial charge in [0.15, 0.2) is 5.71 Å². The van der Waals surface area contributed by atoms with Crippen LogP contribution in [0.3, 0.4) is 0 Å². The molecule has 2 aliphatic rings. The second kappa shape index (κ2) is 6.74. The molecule has 5 rings (SSSR count). The smallest absolute Gasteiger partial charge is 0.355 e. The summed E-state index contributed by atoms with van der Waals surface area (Å²) < 4.78 is 5.77. The first-order valence-corrected chi connectivity index (χ1v) is 10.1. The summed E-state index contributed by atoms with van der Waals surface area (Å²) >= 11 is 1.59. The van der Waals surface area contributed by atoms with Gasteiger partial charge in [-0.05, 0) is 48.9 Å². The standard InChI is InChI=1S/C21H16N4O4S/c1-10-3-8-13-14(9-10)30-18(22-13)11-4-6-12(7-5-11)25-19(26)15-16(20(25)27)23-24-17(15)21(28)29-2/h3-9,15-16,23H,1-2H3. The van der Waals surface area contributed by atoms with E-state index < -0.39 is 29.7 Å². The molecule has 1 aromatic heterocycles. The quantitative estimate of drug-likeness (QED) is 0.515. The van der Waals surface area contributed by atoms with Gasteiger partial charge in [-0.3, -0.25) is 15.0 Å². The number of hydrogen-bond donors (Lipinski definition) is 1. The van der Waals surface area contributed by atoms with Crippen molar-refractivity contribution in [2.75, 3.05) is 12.0 Å². The van der Waals surface area contributed by atoms with Gasteiger partial charge >= 0.3 is 5.97 Å². The van der Waals surface area contributed by atoms with Gasteiger partial charge in [0.1, 0.15) is 17.0 Å². The Morgan fingerprint density at radius 3 is 2.63 bits per heavy atom. The molecule has 0 aliphatic carbocycles. The van der Waals surface area contributed by atoms with Crippen LogP contribution in [0, 0.1) is 12.8 Å². The molecule has 9 heteroatoms. The SMILES string of the molecule is COC(=O)C1=NNC2C(=O)N(c3ccc(-c4nc5ccc(C)cc5s4)cc3)C(=O)C12. The van der Waals surface area contributed by atoms with Crippen LogP contribution in [-0.4, -0.2) is 41.6 Å². The zero-order valence-electron chi connectivity index (χ0n) is 16.1. The van der Waals surface area contributed by atoms with Crippen LogP contribution in [0.5, 0.6) is 0 Å². The number of hydrazone groups is 1. The molecule has 1 fully saturated rings. The Hall–Kier alpha value is -3.59. The van der Waals surface area contributed by atoms with E-state index in [0.717, 1.165) is 25.7 Å². The second-order valence-electron chi connectivity index (χ2n) is 7.12. The number of hydrogen-bond acceptors (Lipinski definition) is 8. The first-order chi connectivity index (χ1) is 14.5. The number of imide groups is 1. The van der Waals surface area contributed by atoms with Gasteiger partial charge in [-0.15, -0.1) is 11.3 Å². The molecule has 0 saturated carbocycles. The van der Waals surface area contributed by atoms with Crippen molar-refractivity contribution in [3.63, 3.8) is 0 Å². The lowest BCUT2D eigenvalue weighted by Crippen LogP contribution is -2.36. The molecule has 2 aromatic carbocycles. The fourth-order valence-electron chi connectivity index (χ4n) is 3.73. The molecule has 30 heavy (non-hydrogen) atoms. The number of thiazole rings is 1. The van der Waals surface area contributed by atoms with Crippen LogP contribution in [0.4, 0.5) is 5.69 Å². The average molecular weight is 420 g/mol. The summed E-state index contributed by atoms with van der Waals surface area (Å²) in [5, 5.41) is 4.68. The largest absolute Gasteiger partial charge is 0.464 e. The third-order valence-corrected chi connectivity index (χ3v) is 6.30. The lowest BCUT2D eigenvalue weighted by Gasteiger charge is -2.15. The summed E-state index contributed by atoms with van der Waals surface area (Å²) in [7, 11) is 1.21. The van der Waals surface area contributed by atoms with Crippen molar-refractivity contribution < 1.29 is 19.1 Å². The van der Waals surface area contributed by atoms with Crippen LogP contribution >= 0.6 is 11.3 Å². The van der Waals surface area contributed by atoms with E-state index in [1.165, 1.54) is 12.7 Å². The molecule has 2 amide bonds. The van der Waals surface area contributed by atoms with Crippen LogP contribution in [0.15, 0.2) is 47.6 Å². The third-order valence-electron chi connectivity index (χ3n) is 5.24. The van der Waals surface area contributed by atoms with E-state index >= 15 is 0 Å². The normalized spacial score (nSPS) is 20.3. The van der Waals surface area contributed by atoms with Crippen molar-refractivity contribution in [2.24, 2.45) is 11.0 Å². The van der Waals surface area contributed by atoms with Crippen molar-refractivity contribution in [3.8, 4) is 10.6 Å². The van der Waals surface area contributed by atoms with Crippen molar-refractivity contribution in [1.82, 2.24) is 10.4 Å². The van der Waals surface area contributed by atoms with E-state index in [1.807, 2.05) is 31.2 Å². The minimum atomic E-state index is -0.975. The third kappa shape index (κ3) is 2.70. The zero-order chi connectivity index (χ0) is 21.0. The maximum absolute atomic E-state index is 12.9. The van der Waals surface area contributed by atoms with Gasteiger partial charge in [-0.1, -0.05) is 6.07 Å². The molecule has 0 bridgehead atoms. The van der Waals surface area contributed by atoms with E-state index in [2.05, 4.69) is 26.3 Å². The highest BCUT2D eigenvalue weighted by molar-refractivity contribution is 7.21. The monoisotopic (exact) mass is 420 g/mol. The van der Waals surface area contributed by atoms with Gasteiger partial charge in [0.05, 0.1) is 23.0 Å². The van der Waals surface area contributed by atoms with Gasteiger partial charge < -0.3 is 4.74 Å². The molecule has 0 radical (unpaired) electrons. The number of fused-ring (bicyclic) bond motifs is 2. The number of carbonyl (C=O) groups is 3. The number of methoxy groups -OCH3 is 1. The molecule has 2 unspecified atom stereocenters. The topological polar surface area (TPSA) is 101 Å². The average Bonchev–Trinajstić information content (AvgIpc) is 3.43. The summed E-state index contributed by atoms with van der Waals surface area (Å²) in [6.07, 6.45) is 0. The molecule has 1 saturated heterocycles. The van der Waals surface area contributed by atoms with Crippen molar-refractivity contribution in [1.29, 1.82) is 0 Å². The van der Waals surface area contributed by atoms with Crippen LogP contribution in [0.25, 0.3) is 20.8 Å². The maximum atomic E-state index is 12.9. The molecular formula is C21H16N4O4S. The Kier molecular flexibility index (Phi) is 4.14. The number of nitrogens with zero attached hydrogens (tertiary/aromatic N) is 3. The summed E-state index contributed by atoms with van der Waals surface area (Å²) in [6, 6.07) is 12.3. The summed E-state index contributed by atoms with van der Waals surface area (Å²) in [5.41, 5.74) is 5.95. The first-order valence-electron chi connectivity index (χ1n) is 9.25. The number of anilines is 1. The van der Waals surface area contributed by atoms with E-state index in [4.69, 9.17) is 0 Å². The summed E-state index contributed by atoms with van der Waals surface area (Å²) in [5.74, 6) is -2.64. The lowest BCUT2D eigenvalue weighted by molar-refractivity contribution is -0.133. The van der Waals surface area contributed by atoms with Gasteiger partial charge in [-0.2, -0.15) is 5.10 Å². The minimum Gasteiger partial charge on any atom is -0.464 e. The van der Waals surface area contributed by atoms with E-state index in [1.54, 1.807) is 23.5 Å². The van der Waals surface area contributed by atoms with Crippen LogP contribution in [0.1, 0.15) is 5.56 Å². The van der Waals surface area contributed by atoms with Gasteiger partial charge in [0.2, 0.25) is 5.91 Å². The second-order valence-corrected chi connectivity index (χ2v) is 8.15. The lowest BCUT2D eigenvalue weighted by atomic mass is 9.99. The fraction of sp³-hybridized carbons (Fsp3) is 0.190. The van der Waals surface area contributed by atoms with Crippen LogP contribution in [0.2, 0.25) is 0 Å². The predicted molar refractivity (Wildman–Crippen MR) is 112 cm³/mol. The number of rotatable bonds is 3. The number of benzene rings is 2. The van der Waals surface area contributed by atoms with E-state index in [0.29, 0.717) is 5.69 Å². The van der Waals surface area contributed by atoms with E-state index in [9.17, 15) is 14.4 Å². The fourth-order valence-corrected chi connectivity index (χ4v) is 4.79. The van der Waals surface area contributed by atoms with Crippen molar-refractivity contribution in [3.05, 3.63) is 48.0 Å². The van der Waals surface area contributed by atoms with Crippen molar-refractivity contribution >= 4 is 50.7 Å². The summed E-state index contributed by atoms with van der Waals surface area (Å²) in [6.45, 7) is 2.04. The Bertz CT molecular complexity index is 1250. The molecule has 2 aliphatic heterocycles. The highest BCUT2D eigenvalue weighted by atomic mass is 32.1. The molecule has 150 valence electrons. The Labute approximate surface area is 175 Å². The Balaban J connectivity index is 1.44. The number of nitrogens with one attached hydrogen (secondary N) is 1. The zero-order valence-corrected chi connectivity index (χ0v) is 16.9. The summed E-state index contributed by atoms with van der Waals surface area (Å²) in [4.78, 5) is 43.3. The maximum Gasteiger partial charge on any atom is 0.355 e. The van der Waals surface area contributed by atoms with Crippen LogP contribution < -0.4 is 10.3 Å². The van der Waals surface area contributed by atoms with E-state index in [-0.39, 0.29) is 5.71 Å². The predicted octanol–water partition coefficient (Wildman–Crippen LogP) is 2.26. The number of ether oxygens (including phenoxy) is 1. The van der Waals surface area contributed by atoms with Gasteiger partial charge in [-0.25, -0.2) is 14.7 Å². The van der Waals surface area contributed by atoms with Gasteiger partial charge in [0.25, 0.3) is 5.91 Å². The number of aryl methyl sites for hydroxylation is 1. The molecule has 0 spiro atoms. The number of aromatic nitrogens is 1. The molecule has 3 aromatic rings. The minimum absolute atomic E-state index is 0.0789. The first kappa shape index (κ1) is 18.4.